The first-order valence-corrected chi connectivity index (χ1v) is 7.87. The number of hydrogen-bond donors (Lipinski definition) is 1. The SMILES string of the molecule is CCc1ccccc1OCC(=O)N1CCCC(CNC)C1. The molecule has 2 rings (SSSR count). The van der Waals surface area contributed by atoms with Crippen LogP contribution >= 0.6 is 0 Å². The number of benzene rings is 1. The normalized spacial score (nSPS) is 18.6. The minimum absolute atomic E-state index is 0.0988. The second kappa shape index (κ2) is 8.03. The van der Waals surface area contributed by atoms with Crippen molar-refractivity contribution in [1.29, 1.82) is 0 Å². The number of para-hydroxylation sites is 1. The van der Waals surface area contributed by atoms with Crippen LogP contribution < -0.4 is 10.1 Å². The standard InChI is InChI=1S/C17H26N2O2/c1-3-15-8-4-5-9-16(15)21-13-17(20)19-10-6-7-14(12-19)11-18-2/h4-5,8-9,14,18H,3,6-7,10-13H2,1-2H3. The second-order valence-electron chi connectivity index (χ2n) is 5.66. The van der Waals surface area contributed by atoms with Gasteiger partial charge in [-0.25, -0.2) is 0 Å². The fraction of sp³-hybridized carbons (Fsp3) is 0.588. The second-order valence-corrected chi connectivity index (χ2v) is 5.66. The summed E-state index contributed by atoms with van der Waals surface area (Å²) in [5.41, 5.74) is 1.15. The van der Waals surface area contributed by atoms with Gasteiger partial charge in [0.1, 0.15) is 5.75 Å². The molecule has 0 spiro atoms. The molecule has 1 aliphatic rings. The first kappa shape index (κ1) is 15.8. The molecule has 4 nitrogen and oxygen atoms in total. The number of nitrogens with zero attached hydrogens (tertiary/aromatic N) is 1. The van der Waals surface area contributed by atoms with Crippen LogP contribution in [0.3, 0.4) is 0 Å². The summed E-state index contributed by atoms with van der Waals surface area (Å²) < 4.78 is 5.73. The molecule has 1 unspecified atom stereocenters. The molecule has 1 amide bonds. The molecule has 0 aliphatic carbocycles. The van der Waals surface area contributed by atoms with Crippen LogP contribution in [0.25, 0.3) is 0 Å². The molecule has 1 saturated heterocycles. The Balaban J connectivity index is 1.86. The number of ether oxygens (including phenoxy) is 1. The Hall–Kier alpha value is -1.55. The van der Waals surface area contributed by atoms with Gasteiger partial charge < -0.3 is 15.0 Å². The van der Waals surface area contributed by atoms with Crippen LogP contribution in [0.5, 0.6) is 5.75 Å². The van der Waals surface area contributed by atoms with E-state index in [-0.39, 0.29) is 12.5 Å². The van der Waals surface area contributed by atoms with Crippen molar-refractivity contribution in [2.45, 2.75) is 26.2 Å². The number of rotatable bonds is 6. The van der Waals surface area contributed by atoms with E-state index in [1.165, 1.54) is 6.42 Å². The molecule has 1 aromatic rings. The number of aryl methyl sites for hydroxylation is 1. The summed E-state index contributed by atoms with van der Waals surface area (Å²) in [6.07, 6.45) is 3.20. The lowest BCUT2D eigenvalue weighted by molar-refractivity contribution is -0.135. The third-order valence-corrected chi connectivity index (χ3v) is 4.07. The first-order chi connectivity index (χ1) is 10.2. The van der Waals surface area contributed by atoms with Crippen molar-refractivity contribution in [3.63, 3.8) is 0 Å². The Morgan fingerprint density at radius 2 is 2.24 bits per heavy atom. The van der Waals surface area contributed by atoms with E-state index in [0.717, 1.165) is 43.8 Å². The quantitative estimate of drug-likeness (QED) is 0.872. The van der Waals surface area contributed by atoms with E-state index in [0.29, 0.717) is 5.92 Å². The van der Waals surface area contributed by atoms with Crippen molar-refractivity contribution in [3.8, 4) is 5.75 Å². The molecule has 1 atom stereocenters. The number of piperidine rings is 1. The van der Waals surface area contributed by atoms with E-state index in [1.807, 2.05) is 36.2 Å². The summed E-state index contributed by atoms with van der Waals surface area (Å²) in [6.45, 7) is 4.92. The minimum Gasteiger partial charge on any atom is -0.483 e. The van der Waals surface area contributed by atoms with Gasteiger partial charge in [0.15, 0.2) is 6.61 Å². The van der Waals surface area contributed by atoms with Crippen molar-refractivity contribution in [2.75, 3.05) is 33.3 Å². The lowest BCUT2D eigenvalue weighted by Crippen LogP contribution is -2.44. The molecule has 21 heavy (non-hydrogen) atoms. The molecular formula is C17H26N2O2. The number of amides is 1. The van der Waals surface area contributed by atoms with Gasteiger partial charge in [0.05, 0.1) is 0 Å². The molecule has 1 aromatic carbocycles. The Morgan fingerprint density at radius 1 is 1.43 bits per heavy atom. The molecule has 1 heterocycles. The van der Waals surface area contributed by atoms with Gasteiger partial charge in [-0.1, -0.05) is 25.1 Å². The fourth-order valence-corrected chi connectivity index (χ4v) is 2.91. The summed E-state index contributed by atoms with van der Waals surface area (Å²) >= 11 is 0. The average Bonchev–Trinajstić information content (AvgIpc) is 2.53. The van der Waals surface area contributed by atoms with Gasteiger partial charge in [-0.2, -0.15) is 0 Å². The largest absolute Gasteiger partial charge is 0.483 e. The maximum absolute atomic E-state index is 12.3. The zero-order valence-corrected chi connectivity index (χ0v) is 13.1. The summed E-state index contributed by atoms with van der Waals surface area (Å²) in [5.74, 6) is 1.49. The lowest BCUT2D eigenvalue weighted by atomic mass is 9.98. The summed E-state index contributed by atoms with van der Waals surface area (Å²) in [5, 5.41) is 3.20. The van der Waals surface area contributed by atoms with Crippen LogP contribution in [0.15, 0.2) is 24.3 Å². The van der Waals surface area contributed by atoms with Crippen LogP contribution in [-0.2, 0) is 11.2 Å². The molecule has 1 aliphatic heterocycles. The van der Waals surface area contributed by atoms with E-state index < -0.39 is 0 Å². The van der Waals surface area contributed by atoms with Crippen molar-refractivity contribution >= 4 is 5.91 Å². The topological polar surface area (TPSA) is 41.6 Å². The Kier molecular flexibility index (Phi) is 6.05. The Labute approximate surface area is 127 Å². The third-order valence-electron chi connectivity index (χ3n) is 4.07. The molecule has 0 saturated carbocycles. The van der Waals surface area contributed by atoms with Gasteiger partial charge in [0, 0.05) is 13.1 Å². The van der Waals surface area contributed by atoms with Gasteiger partial charge in [-0.3, -0.25) is 4.79 Å². The predicted octanol–water partition coefficient (Wildman–Crippen LogP) is 2.09. The highest BCUT2D eigenvalue weighted by Crippen LogP contribution is 2.19. The third kappa shape index (κ3) is 4.46. The average molecular weight is 290 g/mol. The van der Waals surface area contributed by atoms with E-state index >= 15 is 0 Å². The van der Waals surface area contributed by atoms with Crippen molar-refractivity contribution in [1.82, 2.24) is 10.2 Å². The van der Waals surface area contributed by atoms with Gasteiger partial charge in [0.2, 0.25) is 0 Å². The number of nitrogens with one attached hydrogen (secondary N) is 1. The van der Waals surface area contributed by atoms with E-state index in [1.54, 1.807) is 0 Å². The van der Waals surface area contributed by atoms with E-state index in [9.17, 15) is 4.79 Å². The molecule has 0 bridgehead atoms. The number of hydrogen-bond acceptors (Lipinski definition) is 3. The summed E-state index contributed by atoms with van der Waals surface area (Å²) in [7, 11) is 1.96. The summed E-state index contributed by atoms with van der Waals surface area (Å²) in [4.78, 5) is 14.2. The highest BCUT2D eigenvalue weighted by atomic mass is 16.5. The van der Waals surface area contributed by atoms with Crippen molar-refractivity contribution in [3.05, 3.63) is 29.8 Å². The fourth-order valence-electron chi connectivity index (χ4n) is 2.91. The van der Waals surface area contributed by atoms with Gasteiger partial charge in [-0.05, 0) is 50.4 Å². The highest BCUT2D eigenvalue weighted by molar-refractivity contribution is 5.77. The van der Waals surface area contributed by atoms with E-state index in [4.69, 9.17) is 4.74 Å². The van der Waals surface area contributed by atoms with Crippen molar-refractivity contribution < 1.29 is 9.53 Å². The molecular weight excluding hydrogens is 264 g/mol. The van der Waals surface area contributed by atoms with Crippen LogP contribution in [0.2, 0.25) is 0 Å². The maximum Gasteiger partial charge on any atom is 0.260 e. The van der Waals surface area contributed by atoms with Gasteiger partial charge >= 0.3 is 0 Å². The molecule has 116 valence electrons. The monoisotopic (exact) mass is 290 g/mol. The number of carbonyl (C=O) groups is 1. The van der Waals surface area contributed by atoms with Crippen LogP contribution in [0.1, 0.15) is 25.3 Å². The van der Waals surface area contributed by atoms with Crippen LogP contribution in [0, 0.1) is 5.92 Å². The zero-order valence-electron chi connectivity index (χ0n) is 13.1. The minimum atomic E-state index is 0.0988. The lowest BCUT2D eigenvalue weighted by Gasteiger charge is -2.32. The highest BCUT2D eigenvalue weighted by Gasteiger charge is 2.23. The molecule has 0 aromatic heterocycles. The van der Waals surface area contributed by atoms with Gasteiger partial charge in [-0.15, -0.1) is 0 Å². The smallest absolute Gasteiger partial charge is 0.260 e. The molecule has 0 radical (unpaired) electrons. The Morgan fingerprint density at radius 3 is 3.00 bits per heavy atom. The van der Waals surface area contributed by atoms with Crippen LogP contribution in [-0.4, -0.2) is 44.1 Å². The summed E-state index contributed by atoms with van der Waals surface area (Å²) in [6, 6.07) is 7.93. The zero-order chi connectivity index (χ0) is 15.1. The molecule has 4 heteroatoms. The van der Waals surface area contributed by atoms with E-state index in [2.05, 4.69) is 12.2 Å². The maximum atomic E-state index is 12.3. The predicted molar refractivity (Wildman–Crippen MR) is 84.5 cm³/mol. The number of carbonyl (C=O) groups excluding carboxylic acids is 1. The van der Waals surface area contributed by atoms with Crippen LogP contribution in [0.4, 0.5) is 0 Å². The molecule has 1 N–H and O–H groups in total. The first-order valence-electron chi connectivity index (χ1n) is 7.87. The Bertz CT molecular complexity index is 460. The molecule has 1 fully saturated rings. The van der Waals surface area contributed by atoms with Gasteiger partial charge in [0.25, 0.3) is 5.91 Å². The van der Waals surface area contributed by atoms with Crippen molar-refractivity contribution in [2.24, 2.45) is 5.92 Å². The number of likely N-dealkylation sites (tertiary alicyclic amines) is 1.